The molecule has 1 atom stereocenters. The number of benzene rings is 1. The molecule has 1 aromatic heterocycles. The highest BCUT2D eigenvalue weighted by Crippen LogP contribution is 2.37. The van der Waals surface area contributed by atoms with E-state index < -0.39 is 0 Å². The molecule has 0 radical (unpaired) electrons. The van der Waals surface area contributed by atoms with Crippen LogP contribution < -0.4 is 9.47 Å². The van der Waals surface area contributed by atoms with Crippen molar-refractivity contribution in [3.8, 4) is 11.5 Å². The number of ether oxygens (including phenoxy) is 2. The molecule has 0 saturated carbocycles. The number of carbonyl (C=O) groups excluding carboxylic acids is 1. The Hall–Kier alpha value is -1.95. The van der Waals surface area contributed by atoms with Crippen molar-refractivity contribution in [2.45, 2.75) is 18.9 Å². The number of rotatable bonds is 4. The summed E-state index contributed by atoms with van der Waals surface area (Å²) >= 11 is 3.24. The molecule has 122 valence electrons. The van der Waals surface area contributed by atoms with E-state index in [0.29, 0.717) is 21.9 Å². The molecule has 2 aromatic rings. The van der Waals surface area contributed by atoms with Crippen LogP contribution in [0.5, 0.6) is 11.5 Å². The number of carbonyl (C=O) groups is 1. The summed E-state index contributed by atoms with van der Waals surface area (Å²) in [6, 6.07) is 9.23. The van der Waals surface area contributed by atoms with Gasteiger partial charge in [-0.3, -0.25) is 4.79 Å². The minimum Gasteiger partial charge on any atom is -0.493 e. The Morgan fingerprint density at radius 3 is 2.65 bits per heavy atom. The van der Waals surface area contributed by atoms with Gasteiger partial charge in [0.05, 0.1) is 20.3 Å². The molecule has 0 aliphatic carbocycles. The first kappa shape index (κ1) is 15.9. The molecule has 2 heterocycles. The SMILES string of the molecule is COc1ccc(C2CCCN2C(=O)c2ccc(Br)o2)cc1OC. The zero-order valence-electron chi connectivity index (χ0n) is 13.0. The quantitative estimate of drug-likeness (QED) is 0.804. The number of furan rings is 1. The summed E-state index contributed by atoms with van der Waals surface area (Å²) in [5, 5.41) is 0. The topological polar surface area (TPSA) is 51.9 Å². The molecular formula is C17H18BrNO4. The molecule has 1 aliphatic heterocycles. The third-order valence-corrected chi connectivity index (χ3v) is 4.52. The lowest BCUT2D eigenvalue weighted by Crippen LogP contribution is -2.30. The van der Waals surface area contributed by atoms with Crippen molar-refractivity contribution < 1.29 is 18.7 Å². The van der Waals surface area contributed by atoms with Crippen molar-refractivity contribution in [2.75, 3.05) is 20.8 Å². The fraction of sp³-hybridized carbons (Fsp3) is 0.353. The largest absolute Gasteiger partial charge is 0.493 e. The molecular weight excluding hydrogens is 362 g/mol. The fourth-order valence-electron chi connectivity index (χ4n) is 2.99. The normalized spacial score (nSPS) is 17.3. The van der Waals surface area contributed by atoms with Crippen LogP contribution in [0, 0.1) is 0 Å². The van der Waals surface area contributed by atoms with Crippen LogP contribution in [0.4, 0.5) is 0 Å². The molecule has 1 fully saturated rings. The number of hydrogen-bond acceptors (Lipinski definition) is 4. The average molecular weight is 380 g/mol. The minimum atomic E-state index is -0.0898. The Kier molecular flexibility index (Phi) is 4.61. The second-order valence-electron chi connectivity index (χ2n) is 5.37. The monoisotopic (exact) mass is 379 g/mol. The molecule has 1 aliphatic rings. The molecule has 0 bridgehead atoms. The van der Waals surface area contributed by atoms with Crippen LogP contribution in [0.3, 0.4) is 0 Å². The van der Waals surface area contributed by atoms with Crippen LogP contribution in [0.1, 0.15) is 35.0 Å². The van der Waals surface area contributed by atoms with E-state index in [4.69, 9.17) is 13.9 Å². The molecule has 1 unspecified atom stereocenters. The van der Waals surface area contributed by atoms with Crippen LogP contribution in [-0.4, -0.2) is 31.6 Å². The van der Waals surface area contributed by atoms with Crippen LogP contribution >= 0.6 is 15.9 Å². The third kappa shape index (κ3) is 3.08. The Bertz CT molecular complexity index is 712. The van der Waals surface area contributed by atoms with Crippen molar-refractivity contribution in [1.29, 1.82) is 0 Å². The Morgan fingerprint density at radius 1 is 1.22 bits per heavy atom. The Morgan fingerprint density at radius 2 is 2.00 bits per heavy atom. The highest BCUT2D eigenvalue weighted by atomic mass is 79.9. The number of methoxy groups -OCH3 is 2. The molecule has 5 nitrogen and oxygen atoms in total. The van der Waals surface area contributed by atoms with Gasteiger partial charge in [-0.2, -0.15) is 0 Å². The van der Waals surface area contributed by atoms with Gasteiger partial charge in [-0.1, -0.05) is 6.07 Å². The first-order chi connectivity index (χ1) is 11.1. The minimum absolute atomic E-state index is 0.0196. The average Bonchev–Trinajstić information content (AvgIpc) is 3.22. The maximum Gasteiger partial charge on any atom is 0.290 e. The molecule has 3 rings (SSSR count). The van der Waals surface area contributed by atoms with E-state index in [1.54, 1.807) is 26.4 Å². The first-order valence-corrected chi connectivity index (χ1v) is 8.21. The van der Waals surface area contributed by atoms with Gasteiger partial charge in [0, 0.05) is 6.54 Å². The number of nitrogens with zero attached hydrogens (tertiary/aromatic N) is 1. The van der Waals surface area contributed by atoms with E-state index in [9.17, 15) is 4.79 Å². The van der Waals surface area contributed by atoms with Crippen molar-refractivity contribution in [2.24, 2.45) is 0 Å². The molecule has 0 N–H and O–H groups in total. The molecule has 6 heteroatoms. The van der Waals surface area contributed by atoms with Gasteiger partial charge >= 0.3 is 0 Å². The van der Waals surface area contributed by atoms with E-state index in [0.717, 1.165) is 24.9 Å². The van der Waals surface area contributed by atoms with Gasteiger partial charge in [0.2, 0.25) is 0 Å². The summed E-state index contributed by atoms with van der Waals surface area (Å²) in [6.45, 7) is 0.718. The van der Waals surface area contributed by atoms with Crippen LogP contribution in [-0.2, 0) is 0 Å². The van der Waals surface area contributed by atoms with Gasteiger partial charge < -0.3 is 18.8 Å². The lowest BCUT2D eigenvalue weighted by molar-refractivity contribution is 0.0701. The Balaban J connectivity index is 1.88. The zero-order chi connectivity index (χ0) is 16.4. The van der Waals surface area contributed by atoms with E-state index in [2.05, 4.69) is 15.9 Å². The molecule has 1 saturated heterocycles. The lowest BCUT2D eigenvalue weighted by atomic mass is 10.0. The summed E-state index contributed by atoms with van der Waals surface area (Å²) in [6.07, 6.45) is 1.88. The summed E-state index contributed by atoms with van der Waals surface area (Å²) in [7, 11) is 3.22. The maximum atomic E-state index is 12.7. The van der Waals surface area contributed by atoms with Gasteiger partial charge in [-0.15, -0.1) is 0 Å². The zero-order valence-corrected chi connectivity index (χ0v) is 14.6. The molecule has 1 amide bonds. The van der Waals surface area contributed by atoms with E-state index >= 15 is 0 Å². The highest BCUT2D eigenvalue weighted by molar-refractivity contribution is 9.10. The van der Waals surface area contributed by atoms with Crippen LogP contribution in [0.25, 0.3) is 0 Å². The summed E-state index contributed by atoms with van der Waals surface area (Å²) in [5.74, 6) is 1.62. The second-order valence-corrected chi connectivity index (χ2v) is 6.16. The third-order valence-electron chi connectivity index (χ3n) is 4.09. The van der Waals surface area contributed by atoms with E-state index in [-0.39, 0.29) is 11.9 Å². The van der Waals surface area contributed by atoms with Crippen LogP contribution in [0.2, 0.25) is 0 Å². The van der Waals surface area contributed by atoms with Gasteiger partial charge in [-0.05, 0) is 58.6 Å². The molecule has 0 spiro atoms. The first-order valence-electron chi connectivity index (χ1n) is 7.42. The standard InChI is InChI=1S/C17H18BrNO4/c1-21-13-6-5-11(10-15(13)22-2)12-4-3-9-19(12)17(20)14-7-8-16(18)23-14/h5-8,10,12H,3-4,9H2,1-2H3. The lowest BCUT2D eigenvalue weighted by Gasteiger charge is -2.24. The fourth-order valence-corrected chi connectivity index (χ4v) is 3.29. The molecule has 1 aromatic carbocycles. The van der Waals surface area contributed by atoms with Gasteiger partial charge in [0.15, 0.2) is 21.9 Å². The number of amides is 1. The highest BCUT2D eigenvalue weighted by Gasteiger charge is 2.32. The smallest absolute Gasteiger partial charge is 0.290 e. The van der Waals surface area contributed by atoms with Crippen LogP contribution in [0.15, 0.2) is 39.4 Å². The van der Waals surface area contributed by atoms with Crippen molar-refractivity contribution in [3.05, 3.63) is 46.3 Å². The van der Waals surface area contributed by atoms with E-state index in [1.165, 1.54) is 0 Å². The number of likely N-dealkylation sites (tertiary alicyclic amines) is 1. The van der Waals surface area contributed by atoms with Gasteiger partial charge in [0.1, 0.15) is 0 Å². The summed E-state index contributed by atoms with van der Waals surface area (Å²) < 4.78 is 16.6. The Labute approximate surface area is 143 Å². The van der Waals surface area contributed by atoms with E-state index in [1.807, 2.05) is 23.1 Å². The maximum absolute atomic E-state index is 12.7. The van der Waals surface area contributed by atoms with Gasteiger partial charge in [0.25, 0.3) is 5.91 Å². The predicted octanol–water partition coefficient (Wildman–Crippen LogP) is 4.04. The van der Waals surface area contributed by atoms with Crippen molar-refractivity contribution in [1.82, 2.24) is 4.90 Å². The number of hydrogen-bond donors (Lipinski definition) is 0. The predicted molar refractivity (Wildman–Crippen MR) is 89.0 cm³/mol. The number of halogens is 1. The second kappa shape index (κ2) is 6.66. The van der Waals surface area contributed by atoms with Crippen molar-refractivity contribution in [3.63, 3.8) is 0 Å². The van der Waals surface area contributed by atoms with Gasteiger partial charge in [-0.25, -0.2) is 0 Å². The summed E-state index contributed by atoms with van der Waals surface area (Å²) in [4.78, 5) is 14.5. The van der Waals surface area contributed by atoms with Crippen molar-refractivity contribution >= 4 is 21.8 Å². The molecule has 23 heavy (non-hydrogen) atoms. The summed E-state index contributed by atoms with van der Waals surface area (Å²) in [5.41, 5.74) is 1.04.